The summed E-state index contributed by atoms with van der Waals surface area (Å²) < 4.78 is 0. The van der Waals surface area contributed by atoms with Crippen molar-refractivity contribution in [1.29, 1.82) is 0 Å². The summed E-state index contributed by atoms with van der Waals surface area (Å²) in [5.41, 5.74) is 11.9. The van der Waals surface area contributed by atoms with Crippen molar-refractivity contribution >= 4 is 11.8 Å². The van der Waals surface area contributed by atoms with E-state index in [0.29, 0.717) is 0 Å². The van der Waals surface area contributed by atoms with Crippen LogP contribution in [0.2, 0.25) is 0 Å². The Bertz CT molecular complexity index is 956. The number of nitrogens with one attached hydrogen (secondary N) is 1. The second-order valence-electron chi connectivity index (χ2n) is 5.97. The lowest BCUT2D eigenvalue weighted by Gasteiger charge is -2.20. The van der Waals surface area contributed by atoms with Gasteiger partial charge in [-0.3, -0.25) is 0 Å². The van der Waals surface area contributed by atoms with Gasteiger partial charge in [-0.2, -0.15) is 0 Å². The monoisotopic (exact) mass is 297 g/mol. The third-order valence-electron chi connectivity index (χ3n) is 4.63. The van der Waals surface area contributed by atoms with Crippen LogP contribution in [0.1, 0.15) is 22.3 Å². The highest BCUT2D eigenvalue weighted by Crippen LogP contribution is 2.40. The Morgan fingerprint density at radius 2 is 1.52 bits per heavy atom. The first-order valence-electron chi connectivity index (χ1n) is 7.84. The summed E-state index contributed by atoms with van der Waals surface area (Å²) >= 11 is 0. The Morgan fingerprint density at radius 1 is 0.739 bits per heavy atom. The van der Waals surface area contributed by atoms with E-state index >= 15 is 0 Å². The second-order valence-corrected chi connectivity index (χ2v) is 5.97. The Morgan fingerprint density at radius 3 is 2.52 bits per heavy atom. The van der Waals surface area contributed by atoms with Gasteiger partial charge in [-0.05, 0) is 40.8 Å². The second kappa shape index (κ2) is 4.75. The molecule has 1 N–H and O–H groups in total. The van der Waals surface area contributed by atoms with Crippen molar-refractivity contribution in [3.8, 4) is 16.9 Å². The number of hydroxylamine groups is 1. The molecule has 0 aromatic heterocycles. The Labute approximate surface area is 135 Å². The summed E-state index contributed by atoms with van der Waals surface area (Å²) in [4.78, 5) is 5.71. The van der Waals surface area contributed by atoms with Crippen LogP contribution in [0.25, 0.3) is 22.9 Å². The predicted molar refractivity (Wildman–Crippen MR) is 92.8 cm³/mol. The Hall–Kier alpha value is -3.00. The predicted octanol–water partition coefficient (Wildman–Crippen LogP) is 4.65. The lowest BCUT2D eigenvalue weighted by atomic mass is 9.97. The molecule has 0 fully saturated rings. The van der Waals surface area contributed by atoms with Gasteiger partial charge in [0.15, 0.2) is 5.75 Å². The van der Waals surface area contributed by atoms with E-state index in [1.807, 2.05) is 18.2 Å². The molecule has 0 amide bonds. The van der Waals surface area contributed by atoms with Gasteiger partial charge in [-0.15, -0.1) is 0 Å². The van der Waals surface area contributed by atoms with Crippen molar-refractivity contribution in [2.24, 2.45) is 0 Å². The van der Waals surface area contributed by atoms with E-state index < -0.39 is 0 Å². The molecule has 3 aromatic rings. The topological polar surface area (TPSA) is 21.3 Å². The largest absolute Gasteiger partial charge is 0.382 e. The van der Waals surface area contributed by atoms with Gasteiger partial charge < -0.3 is 4.84 Å². The normalized spacial score (nSPS) is 14.0. The van der Waals surface area contributed by atoms with E-state index in [2.05, 4.69) is 60.1 Å². The van der Waals surface area contributed by atoms with Crippen LogP contribution in [0.3, 0.4) is 0 Å². The van der Waals surface area contributed by atoms with E-state index in [-0.39, 0.29) is 0 Å². The van der Waals surface area contributed by atoms with Gasteiger partial charge in [0.1, 0.15) is 0 Å². The van der Waals surface area contributed by atoms with Gasteiger partial charge in [-0.25, -0.2) is 5.48 Å². The molecule has 0 unspecified atom stereocenters. The molecule has 1 heterocycles. The molecule has 5 rings (SSSR count). The molecule has 110 valence electrons. The molecule has 23 heavy (non-hydrogen) atoms. The van der Waals surface area contributed by atoms with Crippen molar-refractivity contribution in [2.75, 3.05) is 0 Å². The van der Waals surface area contributed by atoms with E-state index in [9.17, 15) is 0 Å². The zero-order valence-corrected chi connectivity index (χ0v) is 12.5. The number of para-hydroxylation sites is 1. The van der Waals surface area contributed by atoms with Crippen LogP contribution >= 0.6 is 0 Å². The average molecular weight is 297 g/mol. The lowest BCUT2D eigenvalue weighted by Crippen LogP contribution is -2.21. The molecule has 2 nitrogen and oxygen atoms in total. The van der Waals surface area contributed by atoms with E-state index in [1.54, 1.807) is 0 Å². The SMILES string of the molecule is C1=C(c2cccc3c2Cc2ccccc2-3)NOc2ccccc21. The van der Waals surface area contributed by atoms with Crippen LogP contribution < -0.4 is 10.3 Å². The highest BCUT2D eigenvalue weighted by atomic mass is 16.6. The van der Waals surface area contributed by atoms with Crippen LogP contribution in [-0.4, -0.2) is 0 Å². The van der Waals surface area contributed by atoms with Gasteiger partial charge in [0, 0.05) is 11.1 Å². The van der Waals surface area contributed by atoms with Crippen LogP contribution in [0.15, 0.2) is 66.7 Å². The molecule has 1 aliphatic heterocycles. The molecule has 0 radical (unpaired) electrons. The van der Waals surface area contributed by atoms with Crippen molar-refractivity contribution in [3.63, 3.8) is 0 Å². The Kier molecular flexibility index (Phi) is 2.59. The molecular weight excluding hydrogens is 282 g/mol. The maximum absolute atomic E-state index is 5.71. The summed E-state index contributed by atoms with van der Waals surface area (Å²) in [6, 6.07) is 23.2. The fourth-order valence-corrected chi connectivity index (χ4v) is 3.53. The highest BCUT2D eigenvalue weighted by molar-refractivity contribution is 5.89. The van der Waals surface area contributed by atoms with Gasteiger partial charge in [0.05, 0.1) is 5.70 Å². The standard InChI is InChI=1S/C21H15NO/c1-3-8-16-14(6-1)12-19-17(16)9-5-10-18(19)20-13-15-7-2-4-11-21(15)23-22-20/h1-11,13,22H,12H2. The van der Waals surface area contributed by atoms with Crippen molar-refractivity contribution < 1.29 is 4.84 Å². The smallest absolute Gasteiger partial charge is 0.162 e. The average Bonchev–Trinajstić information content (AvgIpc) is 3.00. The molecule has 0 bridgehead atoms. The first kappa shape index (κ1) is 12.5. The number of hydrogen-bond acceptors (Lipinski definition) is 2. The fraction of sp³-hybridized carbons (Fsp3) is 0.0476. The Balaban J connectivity index is 1.66. The number of benzene rings is 3. The van der Waals surface area contributed by atoms with E-state index in [0.717, 1.165) is 23.4 Å². The van der Waals surface area contributed by atoms with Crippen LogP contribution in [0, 0.1) is 0 Å². The van der Waals surface area contributed by atoms with Crippen molar-refractivity contribution in [1.82, 2.24) is 5.48 Å². The summed E-state index contributed by atoms with van der Waals surface area (Å²) in [6.45, 7) is 0. The zero-order valence-electron chi connectivity index (χ0n) is 12.5. The third-order valence-corrected chi connectivity index (χ3v) is 4.63. The summed E-state index contributed by atoms with van der Waals surface area (Å²) in [6.07, 6.45) is 3.14. The molecule has 0 spiro atoms. The number of rotatable bonds is 1. The zero-order chi connectivity index (χ0) is 15.2. The van der Waals surface area contributed by atoms with Gasteiger partial charge >= 0.3 is 0 Å². The number of fused-ring (bicyclic) bond motifs is 4. The summed E-state index contributed by atoms with van der Waals surface area (Å²) in [7, 11) is 0. The van der Waals surface area contributed by atoms with Gasteiger partial charge in [0.2, 0.25) is 0 Å². The molecule has 2 heteroatoms. The molecule has 1 aliphatic carbocycles. The van der Waals surface area contributed by atoms with Crippen LogP contribution in [0.4, 0.5) is 0 Å². The minimum Gasteiger partial charge on any atom is -0.382 e. The minimum atomic E-state index is 0.868. The van der Waals surface area contributed by atoms with Crippen molar-refractivity contribution in [2.45, 2.75) is 6.42 Å². The quantitative estimate of drug-likeness (QED) is 0.552. The van der Waals surface area contributed by atoms with Crippen molar-refractivity contribution in [3.05, 3.63) is 89.0 Å². The molecule has 0 saturated carbocycles. The van der Waals surface area contributed by atoms with Gasteiger partial charge in [0.25, 0.3) is 0 Å². The number of hydrogen-bond donors (Lipinski definition) is 1. The molecular formula is C21H15NO. The van der Waals surface area contributed by atoms with Crippen LogP contribution in [-0.2, 0) is 6.42 Å². The van der Waals surface area contributed by atoms with Crippen LogP contribution in [0.5, 0.6) is 5.75 Å². The molecule has 0 atom stereocenters. The molecule has 0 saturated heterocycles. The highest BCUT2D eigenvalue weighted by Gasteiger charge is 2.23. The minimum absolute atomic E-state index is 0.868. The van der Waals surface area contributed by atoms with E-state index in [1.165, 1.54) is 27.8 Å². The van der Waals surface area contributed by atoms with E-state index in [4.69, 9.17) is 4.84 Å². The first-order valence-corrected chi connectivity index (χ1v) is 7.84. The fourth-order valence-electron chi connectivity index (χ4n) is 3.53. The third kappa shape index (κ3) is 1.88. The van der Waals surface area contributed by atoms with Gasteiger partial charge in [-0.1, -0.05) is 60.7 Å². The maximum atomic E-state index is 5.71. The summed E-state index contributed by atoms with van der Waals surface area (Å²) in [5, 5.41) is 0. The molecule has 3 aromatic carbocycles. The summed E-state index contributed by atoms with van der Waals surface area (Å²) in [5.74, 6) is 0.868. The molecule has 2 aliphatic rings. The first-order chi connectivity index (χ1) is 11.4. The maximum Gasteiger partial charge on any atom is 0.162 e. The lowest BCUT2D eigenvalue weighted by molar-refractivity contribution is 0.249.